The highest BCUT2D eigenvalue weighted by Gasteiger charge is 2.30. The molecule has 1 aromatic heterocycles. The number of nitrogens with zero attached hydrogens (tertiary/aromatic N) is 1. The summed E-state index contributed by atoms with van der Waals surface area (Å²) in [6.45, 7) is 6.15. The number of hydroxylamine groups is 2. The van der Waals surface area contributed by atoms with Crippen molar-refractivity contribution in [3.05, 3.63) is 42.2 Å². The molecule has 34 heavy (non-hydrogen) atoms. The Hall–Kier alpha value is -3.33. The molecule has 0 fully saturated rings. The molecule has 1 heterocycles. The molecule has 9 nitrogen and oxygen atoms in total. The van der Waals surface area contributed by atoms with Gasteiger partial charge in [0.1, 0.15) is 11.5 Å². The summed E-state index contributed by atoms with van der Waals surface area (Å²) < 4.78 is 11.1. The third kappa shape index (κ3) is 7.62. The van der Waals surface area contributed by atoms with Gasteiger partial charge in [0.05, 0.1) is 25.2 Å². The molecule has 3 amide bonds. The van der Waals surface area contributed by atoms with Crippen molar-refractivity contribution in [2.45, 2.75) is 58.9 Å². The van der Waals surface area contributed by atoms with Crippen molar-refractivity contribution >= 4 is 18.2 Å². The van der Waals surface area contributed by atoms with Crippen LogP contribution in [-0.2, 0) is 9.59 Å². The average Bonchev–Trinajstić information content (AvgIpc) is 3.34. The van der Waals surface area contributed by atoms with Gasteiger partial charge in [-0.15, -0.1) is 0 Å². The van der Waals surface area contributed by atoms with E-state index < -0.39 is 17.9 Å². The van der Waals surface area contributed by atoms with Crippen LogP contribution < -0.4 is 15.4 Å². The number of amides is 3. The zero-order valence-electron chi connectivity index (χ0n) is 20.0. The van der Waals surface area contributed by atoms with Crippen molar-refractivity contribution in [2.75, 3.05) is 13.3 Å². The number of rotatable bonds is 15. The summed E-state index contributed by atoms with van der Waals surface area (Å²) in [6.07, 6.45) is 3.97. The highest BCUT2D eigenvalue weighted by molar-refractivity contribution is 5.92. The molecule has 185 valence electrons. The Labute approximate surface area is 200 Å². The van der Waals surface area contributed by atoms with E-state index in [0.717, 1.165) is 24.8 Å². The van der Waals surface area contributed by atoms with Gasteiger partial charge in [-0.05, 0) is 56.2 Å². The Bertz CT molecular complexity index is 929. The lowest BCUT2D eigenvalue weighted by Crippen LogP contribution is -2.47. The van der Waals surface area contributed by atoms with E-state index in [1.807, 2.05) is 6.92 Å². The first-order chi connectivity index (χ1) is 16.4. The van der Waals surface area contributed by atoms with Crippen LogP contribution in [0.3, 0.4) is 0 Å². The number of hydrogen-bond donors (Lipinski definition) is 3. The number of unbranched alkanes of at least 4 members (excludes halogenated alkanes) is 2. The molecule has 2 aromatic rings. The molecule has 1 radical (unpaired) electrons. The minimum atomic E-state index is -0.637. The van der Waals surface area contributed by atoms with Gasteiger partial charge in [-0.1, -0.05) is 33.1 Å². The first-order valence-electron chi connectivity index (χ1n) is 11.7. The van der Waals surface area contributed by atoms with Crippen molar-refractivity contribution in [1.29, 1.82) is 0 Å². The van der Waals surface area contributed by atoms with E-state index >= 15 is 0 Å². The SMILES string of the molecule is CCCCC[C@@H](C(=O)NCNC(=O)c1ccc(-c2c[c]cc(OCC)c2)o1)[C@@H](CC)N(O)C=O. The summed E-state index contributed by atoms with van der Waals surface area (Å²) in [5, 5.41) is 15.7. The Kier molecular flexibility index (Phi) is 11.1. The second-order valence-electron chi connectivity index (χ2n) is 7.84. The smallest absolute Gasteiger partial charge is 0.288 e. The molecule has 0 bridgehead atoms. The lowest BCUT2D eigenvalue weighted by Gasteiger charge is -2.29. The van der Waals surface area contributed by atoms with Gasteiger partial charge in [-0.2, -0.15) is 0 Å². The van der Waals surface area contributed by atoms with E-state index in [2.05, 4.69) is 23.6 Å². The number of hydrogen-bond acceptors (Lipinski definition) is 6. The van der Waals surface area contributed by atoms with Gasteiger partial charge in [0.15, 0.2) is 5.76 Å². The fourth-order valence-corrected chi connectivity index (χ4v) is 3.73. The maximum absolute atomic E-state index is 12.8. The summed E-state index contributed by atoms with van der Waals surface area (Å²) >= 11 is 0. The van der Waals surface area contributed by atoms with Crippen LogP contribution in [-0.4, -0.2) is 47.8 Å². The van der Waals surface area contributed by atoms with Gasteiger partial charge >= 0.3 is 0 Å². The van der Waals surface area contributed by atoms with Crippen LogP contribution in [0.1, 0.15) is 63.4 Å². The third-order valence-corrected chi connectivity index (χ3v) is 5.49. The lowest BCUT2D eigenvalue weighted by molar-refractivity contribution is -0.168. The molecule has 0 aliphatic carbocycles. The molecule has 9 heteroatoms. The van der Waals surface area contributed by atoms with Crippen LogP contribution in [0.25, 0.3) is 11.3 Å². The van der Waals surface area contributed by atoms with E-state index in [0.29, 0.717) is 42.4 Å². The van der Waals surface area contributed by atoms with Crippen LogP contribution in [0.2, 0.25) is 0 Å². The van der Waals surface area contributed by atoms with Crippen LogP contribution in [0.5, 0.6) is 5.75 Å². The molecular formula is C25H34N3O6. The van der Waals surface area contributed by atoms with Gasteiger partial charge in [0.25, 0.3) is 5.91 Å². The molecule has 2 atom stereocenters. The zero-order valence-corrected chi connectivity index (χ0v) is 20.0. The van der Waals surface area contributed by atoms with E-state index in [-0.39, 0.29) is 18.3 Å². The summed E-state index contributed by atoms with van der Waals surface area (Å²) in [7, 11) is 0. The molecule has 3 N–H and O–H groups in total. The predicted molar refractivity (Wildman–Crippen MR) is 126 cm³/mol. The number of nitrogens with one attached hydrogen (secondary N) is 2. The molecule has 0 saturated heterocycles. The van der Waals surface area contributed by atoms with Crippen LogP contribution >= 0.6 is 0 Å². The van der Waals surface area contributed by atoms with Crippen molar-refractivity contribution < 1.29 is 28.7 Å². The predicted octanol–water partition coefficient (Wildman–Crippen LogP) is 3.77. The zero-order chi connectivity index (χ0) is 24.9. The molecular weight excluding hydrogens is 438 g/mol. The van der Waals surface area contributed by atoms with Crippen molar-refractivity contribution in [3.8, 4) is 17.1 Å². The fourth-order valence-electron chi connectivity index (χ4n) is 3.73. The van der Waals surface area contributed by atoms with Gasteiger partial charge in [-0.3, -0.25) is 19.6 Å². The maximum Gasteiger partial charge on any atom is 0.288 e. The molecule has 0 spiro atoms. The Morgan fingerprint density at radius 3 is 2.68 bits per heavy atom. The fraction of sp³-hybridized carbons (Fsp3) is 0.480. The summed E-state index contributed by atoms with van der Waals surface area (Å²) in [6, 6.07) is 10.8. The average molecular weight is 473 g/mol. The van der Waals surface area contributed by atoms with E-state index in [1.165, 1.54) is 0 Å². The van der Waals surface area contributed by atoms with Crippen LogP contribution in [0, 0.1) is 12.0 Å². The van der Waals surface area contributed by atoms with Gasteiger partial charge in [-0.25, -0.2) is 5.06 Å². The Morgan fingerprint density at radius 1 is 1.21 bits per heavy atom. The first-order valence-corrected chi connectivity index (χ1v) is 11.7. The largest absolute Gasteiger partial charge is 0.494 e. The van der Waals surface area contributed by atoms with Gasteiger partial charge in [0.2, 0.25) is 12.3 Å². The quantitative estimate of drug-likeness (QED) is 0.119. The minimum absolute atomic E-state index is 0.0967. The summed E-state index contributed by atoms with van der Waals surface area (Å²) in [5.41, 5.74) is 0.725. The number of carbonyl (C=O) groups is 3. The first kappa shape index (κ1) is 26.9. The molecule has 0 saturated carbocycles. The van der Waals surface area contributed by atoms with Crippen molar-refractivity contribution in [3.63, 3.8) is 0 Å². The lowest BCUT2D eigenvalue weighted by atomic mass is 9.90. The topological polar surface area (TPSA) is 121 Å². The second-order valence-corrected chi connectivity index (χ2v) is 7.84. The van der Waals surface area contributed by atoms with E-state index in [9.17, 15) is 19.6 Å². The summed E-state index contributed by atoms with van der Waals surface area (Å²) in [5.74, 6) is -0.173. The van der Waals surface area contributed by atoms with E-state index in [4.69, 9.17) is 9.15 Å². The number of furan rings is 1. The third-order valence-electron chi connectivity index (χ3n) is 5.49. The van der Waals surface area contributed by atoms with Crippen molar-refractivity contribution in [2.24, 2.45) is 5.92 Å². The monoisotopic (exact) mass is 472 g/mol. The maximum atomic E-state index is 12.8. The van der Waals surface area contributed by atoms with Crippen molar-refractivity contribution in [1.82, 2.24) is 15.7 Å². The van der Waals surface area contributed by atoms with Crippen LogP contribution in [0.15, 0.2) is 34.7 Å². The van der Waals surface area contributed by atoms with Gasteiger partial charge < -0.3 is 19.8 Å². The normalized spacial score (nSPS) is 12.5. The minimum Gasteiger partial charge on any atom is -0.494 e. The highest BCUT2D eigenvalue weighted by atomic mass is 16.5. The van der Waals surface area contributed by atoms with E-state index in [1.54, 1.807) is 37.3 Å². The standard InChI is InChI=1S/C25H34N3O6/c1-4-7-8-12-20(21(5-2)28(32)17-29)24(30)26-16-27-25(31)23-14-13-22(34-23)18-10-9-11-19(15-18)33-6-3/h10-11,13-15,17,20-21,32H,4-8,12,16H2,1-3H3,(H,26,30)(H,27,31)/t20-,21-/m1/s1. The van der Waals surface area contributed by atoms with Gasteiger partial charge in [0, 0.05) is 5.56 Å². The number of ether oxygens (including phenoxy) is 1. The molecule has 0 unspecified atom stereocenters. The molecule has 2 rings (SSSR count). The number of benzene rings is 1. The number of carbonyl (C=O) groups excluding carboxylic acids is 3. The summed E-state index contributed by atoms with van der Waals surface area (Å²) in [4.78, 5) is 36.3. The Balaban J connectivity index is 1.96. The highest BCUT2D eigenvalue weighted by Crippen LogP contribution is 2.25. The van der Waals surface area contributed by atoms with Crippen LogP contribution in [0.4, 0.5) is 0 Å². The molecule has 1 aromatic carbocycles. The second kappa shape index (κ2) is 14.0. The molecule has 0 aliphatic rings. The Morgan fingerprint density at radius 2 is 2.00 bits per heavy atom. The molecule has 0 aliphatic heterocycles.